The Morgan fingerprint density at radius 2 is 1.96 bits per heavy atom. The molecule has 1 atom stereocenters. The minimum atomic E-state index is -4.43. The largest absolute Gasteiger partial charge is 0.416 e. The van der Waals surface area contributed by atoms with Crippen LogP contribution in [-0.4, -0.2) is 23.9 Å². The standard InChI is InChI=1S/C20H20ClF3N2O/c21-18-9-2-1-5-14(18)12-26-10-4-6-15(13-26)19(27)25-17-8-3-7-16(11-17)20(22,23)24/h1-3,5,7-9,11,15H,4,6,10,12-13H2,(H,25,27)/t15-/m1/s1. The normalized spacial score (nSPS) is 18.3. The lowest BCUT2D eigenvalue weighted by atomic mass is 9.96. The van der Waals surface area contributed by atoms with Crippen LogP contribution in [0.4, 0.5) is 18.9 Å². The summed E-state index contributed by atoms with van der Waals surface area (Å²) in [5.74, 6) is -0.519. The number of carbonyl (C=O) groups is 1. The van der Waals surface area contributed by atoms with Crippen molar-refractivity contribution in [2.24, 2.45) is 5.92 Å². The van der Waals surface area contributed by atoms with Crippen LogP contribution in [0.15, 0.2) is 48.5 Å². The van der Waals surface area contributed by atoms with Gasteiger partial charge in [-0.05, 0) is 49.2 Å². The summed E-state index contributed by atoms with van der Waals surface area (Å²) >= 11 is 6.20. The molecule has 144 valence electrons. The number of piperidine rings is 1. The number of nitrogens with zero attached hydrogens (tertiary/aromatic N) is 1. The van der Waals surface area contributed by atoms with Crippen molar-refractivity contribution in [2.75, 3.05) is 18.4 Å². The first-order valence-corrected chi connectivity index (χ1v) is 9.14. The number of likely N-dealkylation sites (tertiary alicyclic amines) is 1. The molecule has 1 heterocycles. The van der Waals surface area contributed by atoms with Crippen LogP contribution in [0.3, 0.4) is 0 Å². The summed E-state index contributed by atoms with van der Waals surface area (Å²) in [4.78, 5) is 14.7. The summed E-state index contributed by atoms with van der Waals surface area (Å²) in [6, 6.07) is 12.3. The van der Waals surface area contributed by atoms with Crippen molar-refractivity contribution in [3.63, 3.8) is 0 Å². The van der Waals surface area contributed by atoms with E-state index < -0.39 is 11.7 Å². The van der Waals surface area contributed by atoms with Crippen molar-refractivity contribution in [1.82, 2.24) is 4.90 Å². The molecule has 1 fully saturated rings. The third-order valence-electron chi connectivity index (χ3n) is 4.69. The lowest BCUT2D eigenvalue weighted by Crippen LogP contribution is -2.40. The van der Waals surface area contributed by atoms with Crippen LogP contribution in [-0.2, 0) is 17.5 Å². The number of hydrogen-bond acceptors (Lipinski definition) is 2. The lowest BCUT2D eigenvalue weighted by molar-refractivity contribution is -0.137. The van der Waals surface area contributed by atoms with Crippen LogP contribution >= 0.6 is 11.6 Å². The van der Waals surface area contributed by atoms with Crippen LogP contribution < -0.4 is 5.32 Å². The maximum atomic E-state index is 12.8. The second-order valence-corrected chi connectivity index (χ2v) is 7.14. The second-order valence-electron chi connectivity index (χ2n) is 6.73. The van der Waals surface area contributed by atoms with Gasteiger partial charge in [0.2, 0.25) is 5.91 Å². The van der Waals surface area contributed by atoms with E-state index >= 15 is 0 Å². The maximum absolute atomic E-state index is 12.8. The predicted octanol–water partition coefficient (Wildman–Crippen LogP) is 5.21. The van der Waals surface area contributed by atoms with Crippen molar-refractivity contribution in [1.29, 1.82) is 0 Å². The molecule has 0 aromatic heterocycles. The quantitative estimate of drug-likeness (QED) is 0.769. The van der Waals surface area contributed by atoms with E-state index in [0.717, 1.165) is 30.7 Å². The number of rotatable bonds is 4. The Balaban J connectivity index is 1.63. The number of hydrogen-bond donors (Lipinski definition) is 1. The molecule has 0 saturated carbocycles. The first-order valence-electron chi connectivity index (χ1n) is 8.77. The third kappa shape index (κ3) is 5.23. The molecule has 1 N–H and O–H groups in total. The number of amides is 1. The Morgan fingerprint density at radius 1 is 1.19 bits per heavy atom. The van der Waals surface area contributed by atoms with Gasteiger partial charge in [0.25, 0.3) is 0 Å². The molecular weight excluding hydrogens is 377 g/mol. The summed E-state index contributed by atoms with van der Waals surface area (Å²) in [5.41, 5.74) is 0.389. The van der Waals surface area contributed by atoms with Gasteiger partial charge in [0.05, 0.1) is 11.5 Å². The van der Waals surface area contributed by atoms with Crippen molar-refractivity contribution in [2.45, 2.75) is 25.6 Å². The van der Waals surface area contributed by atoms with Gasteiger partial charge >= 0.3 is 6.18 Å². The highest BCUT2D eigenvalue weighted by Gasteiger charge is 2.31. The number of anilines is 1. The topological polar surface area (TPSA) is 32.3 Å². The Bertz CT molecular complexity index is 810. The first kappa shape index (κ1) is 19.7. The van der Waals surface area contributed by atoms with Gasteiger partial charge in [-0.15, -0.1) is 0 Å². The highest BCUT2D eigenvalue weighted by Crippen LogP contribution is 2.31. The van der Waals surface area contributed by atoms with Crippen LogP contribution in [0.2, 0.25) is 5.02 Å². The minimum Gasteiger partial charge on any atom is -0.326 e. The third-order valence-corrected chi connectivity index (χ3v) is 5.05. The van der Waals surface area contributed by atoms with Gasteiger partial charge in [-0.2, -0.15) is 13.2 Å². The Hall–Kier alpha value is -2.05. The van der Waals surface area contributed by atoms with E-state index in [1.54, 1.807) is 0 Å². The monoisotopic (exact) mass is 396 g/mol. The molecule has 3 rings (SSSR count). The average Bonchev–Trinajstić information content (AvgIpc) is 2.63. The van der Waals surface area contributed by atoms with Crippen molar-refractivity contribution in [3.05, 3.63) is 64.7 Å². The molecule has 1 amide bonds. The summed E-state index contributed by atoms with van der Waals surface area (Å²) in [6.45, 7) is 2.06. The molecule has 7 heteroatoms. The molecule has 0 radical (unpaired) electrons. The van der Waals surface area contributed by atoms with Gasteiger partial charge in [-0.3, -0.25) is 9.69 Å². The van der Waals surface area contributed by atoms with E-state index in [1.165, 1.54) is 12.1 Å². The highest BCUT2D eigenvalue weighted by molar-refractivity contribution is 6.31. The molecule has 0 spiro atoms. The molecule has 0 aliphatic carbocycles. The zero-order valence-corrected chi connectivity index (χ0v) is 15.4. The van der Waals surface area contributed by atoms with Gasteiger partial charge in [0.15, 0.2) is 0 Å². The smallest absolute Gasteiger partial charge is 0.326 e. The summed E-state index contributed by atoms with van der Waals surface area (Å²) in [5, 5.41) is 3.32. The molecule has 1 saturated heterocycles. The van der Waals surface area contributed by atoms with Gasteiger partial charge in [-0.1, -0.05) is 35.9 Å². The van der Waals surface area contributed by atoms with E-state index in [4.69, 9.17) is 11.6 Å². The van der Waals surface area contributed by atoms with Gasteiger partial charge in [0, 0.05) is 23.8 Å². The minimum absolute atomic E-state index is 0.165. The van der Waals surface area contributed by atoms with Crippen molar-refractivity contribution in [3.8, 4) is 0 Å². The molecule has 27 heavy (non-hydrogen) atoms. The number of nitrogens with one attached hydrogen (secondary N) is 1. The lowest BCUT2D eigenvalue weighted by Gasteiger charge is -2.32. The Morgan fingerprint density at radius 3 is 2.70 bits per heavy atom. The molecular formula is C20H20ClF3N2O. The fraction of sp³-hybridized carbons (Fsp3) is 0.350. The molecule has 0 unspecified atom stereocenters. The first-order chi connectivity index (χ1) is 12.8. The van der Waals surface area contributed by atoms with Gasteiger partial charge in [0.1, 0.15) is 0 Å². The zero-order valence-electron chi connectivity index (χ0n) is 14.6. The van der Waals surface area contributed by atoms with Crippen molar-refractivity contribution >= 4 is 23.2 Å². The van der Waals surface area contributed by atoms with Crippen molar-refractivity contribution < 1.29 is 18.0 Å². The summed E-state index contributed by atoms with van der Waals surface area (Å²) < 4.78 is 38.5. The van der Waals surface area contributed by atoms with Gasteiger partial charge < -0.3 is 5.32 Å². The van der Waals surface area contributed by atoms with E-state index in [1.807, 2.05) is 24.3 Å². The van der Waals surface area contributed by atoms with E-state index in [0.29, 0.717) is 24.5 Å². The summed E-state index contributed by atoms with van der Waals surface area (Å²) in [6.07, 6.45) is -2.87. The molecule has 2 aromatic rings. The highest BCUT2D eigenvalue weighted by atomic mass is 35.5. The second kappa shape index (κ2) is 8.31. The average molecular weight is 397 g/mol. The molecule has 1 aliphatic rings. The van der Waals surface area contributed by atoms with Crippen LogP contribution in [0.5, 0.6) is 0 Å². The maximum Gasteiger partial charge on any atom is 0.416 e. The van der Waals surface area contributed by atoms with Crippen LogP contribution in [0.1, 0.15) is 24.0 Å². The molecule has 3 nitrogen and oxygen atoms in total. The summed E-state index contributed by atoms with van der Waals surface area (Å²) in [7, 11) is 0. The predicted molar refractivity (Wildman–Crippen MR) is 99.5 cm³/mol. The van der Waals surface area contributed by atoms with Crippen LogP contribution in [0, 0.1) is 5.92 Å². The number of carbonyl (C=O) groups excluding carboxylic acids is 1. The molecule has 0 bridgehead atoms. The Kier molecular flexibility index (Phi) is 6.07. The number of benzene rings is 2. The zero-order chi connectivity index (χ0) is 19.4. The fourth-order valence-electron chi connectivity index (χ4n) is 3.30. The molecule has 2 aromatic carbocycles. The van der Waals surface area contributed by atoms with E-state index in [9.17, 15) is 18.0 Å². The Labute approximate surface area is 161 Å². The molecule has 1 aliphatic heterocycles. The van der Waals surface area contributed by atoms with E-state index in [2.05, 4.69) is 10.2 Å². The van der Waals surface area contributed by atoms with Crippen LogP contribution in [0.25, 0.3) is 0 Å². The SMILES string of the molecule is O=C(Nc1cccc(C(F)(F)F)c1)[C@@H]1CCCN(Cc2ccccc2Cl)C1. The number of alkyl halides is 3. The fourth-order valence-corrected chi connectivity index (χ4v) is 3.49. The van der Waals surface area contributed by atoms with Gasteiger partial charge in [-0.25, -0.2) is 0 Å². The van der Waals surface area contributed by atoms with E-state index in [-0.39, 0.29) is 17.5 Å². The number of halogens is 4.